The Hall–Kier alpha value is -2.43. The molecule has 25 heavy (non-hydrogen) atoms. The first kappa shape index (κ1) is 17.4. The van der Waals surface area contributed by atoms with Crippen molar-refractivity contribution in [2.45, 2.75) is 13.3 Å². The van der Waals surface area contributed by atoms with E-state index >= 15 is 0 Å². The molecule has 7 heteroatoms. The minimum Gasteiger partial charge on any atom is -0.416 e. The van der Waals surface area contributed by atoms with Gasteiger partial charge in [-0.05, 0) is 24.5 Å². The van der Waals surface area contributed by atoms with Crippen molar-refractivity contribution in [2.24, 2.45) is 5.92 Å². The lowest BCUT2D eigenvalue weighted by molar-refractivity contribution is -0.108. The number of hydrogen-bond acceptors (Lipinski definition) is 7. The van der Waals surface area contributed by atoms with Gasteiger partial charge < -0.3 is 19.7 Å². The largest absolute Gasteiger partial charge is 0.416 e. The number of aryl methyl sites for hydroxylation is 1. The van der Waals surface area contributed by atoms with E-state index in [1.807, 2.05) is 0 Å². The van der Waals surface area contributed by atoms with E-state index < -0.39 is 0 Å². The summed E-state index contributed by atoms with van der Waals surface area (Å²) in [7, 11) is 0. The number of carbonyl (C=O) groups excluding carboxylic acids is 1. The summed E-state index contributed by atoms with van der Waals surface area (Å²) >= 11 is 1.78. The second kappa shape index (κ2) is 8.60. The molecule has 0 saturated carbocycles. The van der Waals surface area contributed by atoms with E-state index in [-0.39, 0.29) is 5.92 Å². The van der Waals surface area contributed by atoms with Crippen molar-refractivity contribution in [1.82, 2.24) is 15.3 Å². The highest BCUT2D eigenvalue weighted by Gasteiger charge is 2.16. The van der Waals surface area contributed by atoms with E-state index in [0.29, 0.717) is 0 Å². The summed E-state index contributed by atoms with van der Waals surface area (Å²) < 4.78 is 4.50. The molecule has 1 N–H and O–H groups in total. The zero-order valence-corrected chi connectivity index (χ0v) is 14.9. The Balaban J connectivity index is 0.000000192. The number of rotatable bonds is 3. The molecule has 1 fully saturated rings. The van der Waals surface area contributed by atoms with Crippen molar-refractivity contribution >= 4 is 33.7 Å². The first-order valence-corrected chi connectivity index (χ1v) is 9.10. The van der Waals surface area contributed by atoms with Crippen LogP contribution >= 0.6 is 11.3 Å². The average Bonchev–Trinajstić information content (AvgIpc) is 3.13. The number of ether oxygens (including phenoxy) is 1. The summed E-state index contributed by atoms with van der Waals surface area (Å²) in [5.74, 6) is 3.39. The molecule has 130 valence electrons. The minimum absolute atomic E-state index is 0.260. The summed E-state index contributed by atoms with van der Waals surface area (Å²) in [5.41, 5.74) is 0. The summed E-state index contributed by atoms with van der Waals surface area (Å²) in [6.07, 6.45) is 8.86. The quantitative estimate of drug-likeness (QED) is 0.670. The molecule has 4 rings (SSSR count). The third-order valence-corrected chi connectivity index (χ3v) is 5.10. The minimum atomic E-state index is -0.260. The number of hydrogen-bond donors (Lipinski definition) is 1. The van der Waals surface area contributed by atoms with Gasteiger partial charge in [-0.3, -0.25) is 0 Å². The lowest BCUT2D eigenvalue weighted by atomic mass is 10.2. The molecule has 4 heterocycles. The number of nitrogens with zero attached hydrogens (tertiary/aromatic N) is 3. The molecule has 0 spiro atoms. The van der Waals surface area contributed by atoms with Crippen molar-refractivity contribution in [1.29, 1.82) is 0 Å². The van der Waals surface area contributed by atoms with Gasteiger partial charge in [0, 0.05) is 31.1 Å². The number of aldehydes is 1. The zero-order valence-electron chi connectivity index (χ0n) is 14.1. The van der Waals surface area contributed by atoms with Crippen LogP contribution in [-0.4, -0.2) is 42.4 Å². The fraction of sp³-hybridized carbons (Fsp3) is 0.389. The molecule has 0 aliphatic carbocycles. The molecular weight excluding hydrogens is 336 g/mol. The normalized spacial score (nSPS) is 18.6. The monoisotopic (exact) mass is 356 g/mol. The third kappa shape index (κ3) is 4.35. The van der Waals surface area contributed by atoms with Crippen molar-refractivity contribution in [3.05, 3.63) is 29.6 Å². The van der Waals surface area contributed by atoms with Gasteiger partial charge in [-0.15, -0.1) is 11.3 Å². The number of anilines is 1. The molecule has 1 atom stereocenters. The van der Waals surface area contributed by atoms with Crippen molar-refractivity contribution in [3.8, 4) is 12.0 Å². The number of allylic oxidation sites excluding steroid dienone is 1. The predicted molar refractivity (Wildman–Crippen MR) is 99.4 cm³/mol. The molecule has 2 aromatic heterocycles. The van der Waals surface area contributed by atoms with E-state index in [2.05, 4.69) is 49.9 Å². The van der Waals surface area contributed by atoms with Crippen LogP contribution < -0.4 is 10.2 Å². The molecule has 0 amide bonds. The highest BCUT2D eigenvalue weighted by molar-refractivity contribution is 7.18. The fourth-order valence-electron chi connectivity index (χ4n) is 2.58. The first-order chi connectivity index (χ1) is 12.3. The van der Waals surface area contributed by atoms with Crippen LogP contribution in [0, 0.1) is 17.9 Å². The second-order valence-corrected chi connectivity index (χ2v) is 6.69. The number of carbonyl (C=O) groups is 1. The predicted octanol–water partition coefficient (Wildman–Crippen LogP) is 1.97. The van der Waals surface area contributed by atoms with Crippen molar-refractivity contribution in [2.75, 3.05) is 31.1 Å². The van der Waals surface area contributed by atoms with Gasteiger partial charge in [0.1, 0.15) is 41.5 Å². The average molecular weight is 356 g/mol. The van der Waals surface area contributed by atoms with Gasteiger partial charge in [-0.2, -0.15) is 0 Å². The Morgan fingerprint density at radius 2 is 2.28 bits per heavy atom. The lowest BCUT2D eigenvalue weighted by Gasteiger charge is -2.28. The van der Waals surface area contributed by atoms with Crippen LogP contribution in [0.15, 0.2) is 24.7 Å². The van der Waals surface area contributed by atoms with Crippen LogP contribution in [0.25, 0.3) is 10.2 Å². The Morgan fingerprint density at radius 1 is 1.44 bits per heavy atom. The zero-order chi connectivity index (χ0) is 17.5. The standard InChI is InChI=1S/C12H16N4S.C6H4O2/c1-2-9-7-10-11(14-8-15-12(10)17-9)16-5-3-13-4-6-16;7-5-6-1-3-8-4-2-6/h7-8,13H,2-6H2,1H3;1,3,5-6H. The Bertz CT molecular complexity index is 815. The van der Waals surface area contributed by atoms with Crippen LogP contribution in [0.5, 0.6) is 0 Å². The lowest BCUT2D eigenvalue weighted by Crippen LogP contribution is -2.43. The maximum atomic E-state index is 9.95. The second-order valence-electron chi connectivity index (χ2n) is 5.57. The molecule has 1 unspecified atom stereocenters. The van der Waals surface area contributed by atoms with Gasteiger partial charge in [0.25, 0.3) is 0 Å². The summed E-state index contributed by atoms with van der Waals surface area (Å²) in [6, 6.07) is 2.25. The number of thiophene rings is 1. The Morgan fingerprint density at radius 3 is 2.92 bits per heavy atom. The van der Waals surface area contributed by atoms with E-state index in [1.54, 1.807) is 23.7 Å². The maximum Gasteiger partial charge on any atom is 0.140 e. The fourth-order valence-corrected chi connectivity index (χ4v) is 3.51. The van der Waals surface area contributed by atoms with E-state index in [0.717, 1.165) is 49.5 Å². The van der Waals surface area contributed by atoms with Crippen molar-refractivity contribution in [3.63, 3.8) is 0 Å². The van der Waals surface area contributed by atoms with Crippen LogP contribution in [0.1, 0.15) is 11.8 Å². The molecule has 2 aromatic rings. The SMILES string of the molecule is CCc1cc2c(N3CCNCC3)ncnc2s1.O=CC1C#COC=C1. The molecule has 1 saturated heterocycles. The maximum absolute atomic E-state index is 9.95. The molecule has 0 radical (unpaired) electrons. The Kier molecular flexibility index (Phi) is 5.99. The number of nitrogens with one attached hydrogen (secondary N) is 1. The number of piperazine rings is 1. The molecule has 2 aliphatic rings. The smallest absolute Gasteiger partial charge is 0.140 e. The molecular formula is C18H20N4O2S. The van der Waals surface area contributed by atoms with Gasteiger partial charge in [-0.25, -0.2) is 9.97 Å². The van der Waals surface area contributed by atoms with Gasteiger partial charge >= 0.3 is 0 Å². The van der Waals surface area contributed by atoms with E-state index in [9.17, 15) is 4.79 Å². The molecule has 6 nitrogen and oxygen atoms in total. The first-order valence-electron chi connectivity index (χ1n) is 8.29. The van der Waals surface area contributed by atoms with Crippen LogP contribution in [0.3, 0.4) is 0 Å². The molecule has 0 aromatic carbocycles. The summed E-state index contributed by atoms with van der Waals surface area (Å²) in [4.78, 5) is 23.6. The van der Waals surface area contributed by atoms with Crippen LogP contribution in [0.2, 0.25) is 0 Å². The van der Waals surface area contributed by atoms with Gasteiger partial charge in [0.15, 0.2) is 0 Å². The Labute approximate surface area is 150 Å². The third-order valence-electron chi connectivity index (χ3n) is 3.91. The summed E-state index contributed by atoms with van der Waals surface area (Å²) in [5, 5.41) is 4.59. The van der Waals surface area contributed by atoms with Crippen LogP contribution in [-0.2, 0) is 16.0 Å². The molecule has 2 aliphatic heterocycles. The number of aromatic nitrogens is 2. The van der Waals surface area contributed by atoms with Gasteiger partial charge in [0.05, 0.1) is 5.39 Å². The topological polar surface area (TPSA) is 67.3 Å². The highest BCUT2D eigenvalue weighted by Crippen LogP contribution is 2.30. The number of fused-ring (bicyclic) bond motifs is 1. The highest BCUT2D eigenvalue weighted by atomic mass is 32.1. The van der Waals surface area contributed by atoms with E-state index in [1.165, 1.54) is 16.5 Å². The van der Waals surface area contributed by atoms with Crippen LogP contribution in [0.4, 0.5) is 5.82 Å². The van der Waals surface area contributed by atoms with Gasteiger partial charge in [0.2, 0.25) is 0 Å². The molecule has 0 bridgehead atoms. The van der Waals surface area contributed by atoms with E-state index in [4.69, 9.17) is 0 Å². The summed E-state index contributed by atoms with van der Waals surface area (Å²) in [6.45, 7) is 6.32. The van der Waals surface area contributed by atoms with Crippen molar-refractivity contribution < 1.29 is 9.53 Å². The van der Waals surface area contributed by atoms with Gasteiger partial charge in [-0.1, -0.05) is 6.92 Å².